The van der Waals surface area contributed by atoms with E-state index in [2.05, 4.69) is 30.1 Å². The lowest BCUT2D eigenvalue weighted by atomic mass is 9.92. The van der Waals surface area contributed by atoms with Crippen molar-refractivity contribution in [1.29, 1.82) is 0 Å². The number of likely N-dealkylation sites (tertiary alicyclic amines) is 1. The third-order valence-corrected chi connectivity index (χ3v) is 5.01. The SMILES string of the molecule is CCC1C2CNCC2CN1C(=O)c1ccc(C)cc1C. The Morgan fingerprint density at radius 2 is 2.15 bits per heavy atom. The molecule has 3 rings (SSSR count). The normalized spacial score (nSPS) is 28.8. The van der Waals surface area contributed by atoms with Crippen molar-refractivity contribution in [2.24, 2.45) is 11.8 Å². The van der Waals surface area contributed by atoms with Crippen LogP contribution in [0, 0.1) is 25.7 Å². The number of nitrogens with one attached hydrogen (secondary N) is 1. The second-order valence-electron chi connectivity index (χ2n) is 6.33. The summed E-state index contributed by atoms with van der Waals surface area (Å²) in [7, 11) is 0. The van der Waals surface area contributed by atoms with Gasteiger partial charge in [0.15, 0.2) is 0 Å². The molecule has 2 aliphatic rings. The van der Waals surface area contributed by atoms with Crippen LogP contribution in [0.25, 0.3) is 0 Å². The second kappa shape index (κ2) is 5.21. The number of fused-ring (bicyclic) bond motifs is 1. The van der Waals surface area contributed by atoms with Crippen LogP contribution in [-0.4, -0.2) is 36.5 Å². The zero-order valence-corrected chi connectivity index (χ0v) is 12.6. The molecule has 1 aromatic rings. The Kier molecular flexibility index (Phi) is 3.55. The molecule has 0 aromatic heterocycles. The van der Waals surface area contributed by atoms with E-state index < -0.39 is 0 Å². The summed E-state index contributed by atoms with van der Waals surface area (Å²) < 4.78 is 0. The molecular weight excluding hydrogens is 248 g/mol. The molecule has 0 aliphatic carbocycles. The van der Waals surface area contributed by atoms with Gasteiger partial charge in [-0.05, 0) is 43.7 Å². The van der Waals surface area contributed by atoms with E-state index in [1.54, 1.807) is 0 Å². The molecule has 1 N–H and O–H groups in total. The molecule has 20 heavy (non-hydrogen) atoms. The summed E-state index contributed by atoms with van der Waals surface area (Å²) in [5.74, 6) is 1.52. The van der Waals surface area contributed by atoms with Gasteiger partial charge in [-0.2, -0.15) is 0 Å². The highest BCUT2D eigenvalue weighted by atomic mass is 16.2. The van der Waals surface area contributed by atoms with E-state index in [0.717, 1.165) is 37.2 Å². The van der Waals surface area contributed by atoms with E-state index in [4.69, 9.17) is 0 Å². The van der Waals surface area contributed by atoms with Crippen LogP contribution in [0.4, 0.5) is 0 Å². The van der Waals surface area contributed by atoms with Gasteiger partial charge in [0.1, 0.15) is 0 Å². The molecule has 3 atom stereocenters. The van der Waals surface area contributed by atoms with Crippen LogP contribution in [-0.2, 0) is 0 Å². The molecule has 0 spiro atoms. The lowest BCUT2D eigenvalue weighted by molar-refractivity contribution is 0.0711. The standard InChI is InChI=1S/C17H24N2O/c1-4-16-15-9-18-8-13(15)10-19(16)17(20)14-6-5-11(2)7-12(14)3/h5-7,13,15-16,18H,4,8-10H2,1-3H3. The van der Waals surface area contributed by atoms with Crippen LogP contribution in [0.1, 0.15) is 34.8 Å². The maximum atomic E-state index is 12.9. The largest absolute Gasteiger partial charge is 0.335 e. The first-order valence-electron chi connectivity index (χ1n) is 7.70. The molecular formula is C17H24N2O. The Balaban J connectivity index is 1.86. The Morgan fingerprint density at radius 3 is 2.85 bits per heavy atom. The van der Waals surface area contributed by atoms with E-state index in [1.165, 1.54) is 5.56 Å². The fourth-order valence-corrected chi connectivity index (χ4v) is 3.99. The van der Waals surface area contributed by atoms with Gasteiger partial charge in [-0.1, -0.05) is 24.6 Å². The van der Waals surface area contributed by atoms with Gasteiger partial charge >= 0.3 is 0 Å². The Labute approximate surface area is 121 Å². The minimum atomic E-state index is 0.226. The summed E-state index contributed by atoms with van der Waals surface area (Å²) in [4.78, 5) is 15.0. The fraction of sp³-hybridized carbons (Fsp3) is 0.588. The molecule has 108 valence electrons. The highest BCUT2D eigenvalue weighted by molar-refractivity contribution is 5.96. The number of hydrogen-bond acceptors (Lipinski definition) is 2. The molecule has 2 saturated heterocycles. The zero-order valence-electron chi connectivity index (χ0n) is 12.6. The quantitative estimate of drug-likeness (QED) is 0.896. The second-order valence-corrected chi connectivity index (χ2v) is 6.33. The van der Waals surface area contributed by atoms with Gasteiger partial charge in [0.25, 0.3) is 5.91 Å². The van der Waals surface area contributed by atoms with Gasteiger partial charge in [-0.15, -0.1) is 0 Å². The van der Waals surface area contributed by atoms with E-state index in [9.17, 15) is 4.79 Å². The van der Waals surface area contributed by atoms with Crippen molar-refractivity contribution in [2.45, 2.75) is 33.2 Å². The van der Waals surface area contributed by atoms with Crippen LogP contribution in [0.15, 0.2) is 18.2 Å². The summed E-state index contributed by atoms with van der Waals surface area (Å²) >= 11 is 0. The first kappa shape index (κ1) is 13.6. The number of benzene rings is 1. The molecule has 0 radical (unpaired) electrons. The van der Waals surface area contributed by atoms with Gasteiger partial charge in [-0.25, -0.2) is 0 Å². The van der Waals surface area contributed by atoms with Crippen molar-refractivity contribution in [2.75, 3.05) is 19.6 Å². The molecule has 2 aliphatic heterocycles. The summed E-state index contributed by atoms with van der Waals surface area (Å²) in [6.07, 6.45) is 1.06. The van der Waals surface area contributed by atoms with Gasteiger partial charge in [0.2, 0.25) is 0 Å². The highest BCUT2D eigenvalue weighted by Crippen LogP contribution is 2.35. The highest BCUT2D eigenvalue weighted by Gasteiger charge is 2.45. The average molecular weight is 272 g/mol. The maximum absolute atomic E-state index is 12.9. The molecule has 3 heteroatoms. The van der Waals surface area contributed by atoms with Crippen molar-refractivity contribution >= 4 is 5.91 Å². The zero-order chi connectivity index (χ0) is 14.3. The topological polar surface area (TPSA) is 32.3 Å². The summed E-state index contributed by atoms with van der Waals surface area (Å²) in [5, 5.41) is 3.47. The monoisotopic (exact) mass is 272 g/mol. The van der Waals surface area contributed by atoms with Crippen LogP contribution >= 0.6 is 0 Å². The van der Waals surface area contributed by atoms with Crippen LogP contribution in [0.2, 0.25) is 0 Å². The number of hydrogen-bond donors (Lipinski definition) is 1. The van der Waals surface area contributed by atoms with Crippen LogP contribution < -0.4 is 5.32 Å². The molecule has 1 amide bonds. The number of nitrogens with zero attached hydrogens (tertiary/aromatic N) is 1. The Hall–Kier alpha value is -1.35. The van der Waals surface area contributed by atoms with Gasteiger partial charge in [0, 0.05) is 31.2 Å². The van der Waals surface area contributed by atoms with Crippen molar-refractivity contribution in [3.8, 4) is 0 Å². The van der Waals surface area contributed by atoms with E-state index in [-0.39, 0.29) is 5.91 Å². The molecule has 0 saturated carbocycles. The lowest BCUT2D eigenvalue weighted by Crippen LogP contribution is -2.39. The third kappa shape index (κ3) is 2.14. The third-order valence-electron chi connectivity index (χ3n) is 5.01. The van der Waals surface area contributed by atoms with Crippen molar-refractivity contribution in [3.63, 3.8) is 0 Å². The average Bonchev–Trinajstić information content (AvgIpc) is 2.97. The summed E-state index contributed by atoms with van der Waals surface area (Å²) in [6, 6.07) is 6.54. The van der Waals surface area contributed by atoms with Crippen molar-refractivity contribution < 1.29 is 4.79 Å². The molecule has 0 bridgehead atoms. The number of carbonyl (C=O) groups is 1. The predicted octanol–water partition coefficient (Wildman–Crippen LogP) is 2.37. The molecule has 2 fully saturated rings. The summed E-state index contributed by atoms with van der Waals surface area (Å²) in [6.45, 7) is 9.37. The van der Waals surface area contributed by atoms with Crippen molar-refractivity contribution in [1.82, 2.24) is 10.2 Å². The Bertz CT molecular complexity index is 526. The van der Waals surface area contributed by atoms with Gasteiger partial charge < -0.3 is 10.2 Å². The maximum Gasteiger partial charge on any atom is 0.254 e. The van der Waals surface area contributed by atoms with Gasteiger partial charge in [0.05, 0.1) is 0 Å². The number of aryl methyl sites for hydroxylation is 2. The van der Waals surface area contributed by atoms with Crippen molar-refractivity contribution in [3.05, 3.63) is 34.9 Å². The predicted molar refractivity (Wildman–Crippen MR) is 80.9 cm³/mol. The number of carbonyl (C=O) groups excluding carboxylic acids is 1. The fourth-order valence-electron chi connectivity index (χ4n) is 3.99. The smallest absolute Gasteiger partial charge is 0.254 e. The number of amides is 1. The van der Waals surface area contributed by atoms with Gasteiger partial charge in [-0.3, -0.25) is 4.79 Å². The first-order valence-corrected chi connectivity index (χ1v) is 7.70. The number of rotatable bonds is 2. The first-order chi connectivity index (χ1) is 9.61. The summed E-state index contributed by atoms with van der Waals surface area (Å²) in [5.41, 5.74) is 3.19. The molecule has 3 unspecified atom stereocenters. The van der Waals surface area contributed by atoms with E-state index in [1.807, 2.05) is 19.1 Å². The minimum absolute atomic E-state index is 0.226. The molecule has 1 aromatic carbocycles. The Morgan fingerprint density at radius 1 is 1.35 bits per heavy atom. The minimum Gasteiger partial charge on any atom is -0.335 e. The van der Waals surface area contributed by atoms with E-state index in [0.29, 0.717) is 17.9 Å². The van der Waals surface area contributed by atoms with Crippen LogP contribution in [0.5, 0.6) is 0 Å². The molecule has 2 heterocycles. The molecule has 3 nitrogen and oxygen atoms in total. The lowest BCUT2D eigenvalue weighted by Gasteiger charge is -2.27. The van der Waals surface area contributed by atoms with Crippen LogP contribution in [0.3, 0.4) is 0 Å². The van der Waals surface area contributed by atoms with E-state index >= 15 is 0 Å².